The Morgan fingerprint density at radius 1 is 1.41 bits per heavy atom. The summed E-state index contributed by atoms with van der Waals surface area (Å²) >= 11 is 0. The lowest BCUT2D eigenvalue weighted by Crippen LogP contribution is -2.30. The van der Waals surface area contributed by atoms with Gasteiger partial charge in [0.15, 0.2) is 0 Å². The van der Waals surface area contributed by atoms with Crippen molar-refractivity contribution in [3.63, 3.8) is 0 Å². The molecule has 0 bridgehead atoms. The molecule has 0 spiro atoms. The number of nitrogens with zero attached hydrogens (tertiary/aromatic N) is 3. The van der Waals surface area contributed by atoms with Gasteiger partial charge in [-0.1, -0.05) is 13.3 Å². The van der Waals surface area contributed by atoms with Crippen molar-refractivity contribution in [2.75, 3.05) is 30.9 Å². The summed E-state index contributed by atoms with van der Waals surface area (Å²) < 4.78 is 0. The zero-order valence-corrected chi connectivity index (χ0v) is 11.0. The highest BCUT2D eigenvalue weighted by Crippen LogP contribution is 2.28. The van der Waals surface area contributed by atoms with Gasteiger partial charge in [-0.05, 0) is 18.8 Å². The van der Waals surface area contributed by atoms with Crippen molar-refractivity contribution in [2.45, 2.75) is 32.6 Å². The number of hydrogen-bond donors (Lipinski definition) is 1. The zero-order valence-electron chi connectivity index (χ0n) is 11.0. The van der Waals surface area contributed by atoms with Crippen LogP contribution in [0.25, 0.3) is 0 Å². The average molecular weight is 234 g/mol. The molecule has 0 aliphatic heterocycles. The van der Waals surface area contributed by atoms with Crippen LogP contribution in [-0.4, -0.2) is 30.6 Å². The van der Waals surface area contributed by atoms with Gasteiger partial charge in [-0.25, -0.2) is 9.97 Å². The molecule has 1 aromatic rings. The van der Waals surface area contributed by atoms with E-state index in [9.17, 15) is 0 Å². The van der Waals surface area contributed by atoms with E-state index in [4.69, 9.17) is 0 Å². The van der Waals surface area contributed by atoms with Gasteiger partial charge in [0.05, 0.1) is 0 Å². The van der Waals surface area contributed by atoms with E-state index >= 15 is 0 Å². The quantitative estimate of drug-likeness (QED) is 0.849. The lowest BCUT2D eigenvalue weighted by atomic mass is 9.85. The summed E-state index contributed by atoms with van der Waals surface area (Å²) in [5, 5.41) is 3.10. The molecule has 1 fully saturated rings. The topological polar surface area (TPSA) is 41.1 Å². The van der Waals surface area contributed by atoms with Crippen molar-refractivity contribution in [1.29, 1.82) is 0 Å². The van der Waals surface area contributed by atoms with Gasteiger partial charge in [-0.3, -0.25) is 0 Å². The molecule has 1 aliphatic carbocycles. The number of aromatic nitrogens is 2. The predicted molar refractivity (Wildman–Crippen MR) is 71.6 cm³/mol. The molecule has 2 rings (SSSR count). The minimum Gasteiger partial charge on any atom is -0.373 e. The summed E-state index contributed by atoms with van der Waals surface area (Å²) in [5.74, 6) is 3.71. The van der Waals surface area contributed by atoms with Gasteiger partial charge in [0.2, 0.25) is 0 Å². The zero-order chi connectivity index (χ0) is 12.3. The Morgan fingerprint density at radius 2 is 2.18 bits per heavy atom. The highest BCUT2D eigenvalue weighted by Gasteiger charge is 2.20. The standard InChI is InChI=1S/C13H22N4/c1-4-11-15-12(14-2)8-13(16-11)17(3)9-10-6-5-7-10/h8,10H,4-7,9H2,1-3H3,(H,14,15,16). The minimum absolute atomic E-state index is 0.859. The maximum atomic E-state index is 4.59. The first-order chi connectivity index (χ1) is 8.22. The second kappa shape index (κ2) is 5.34. The van der Waals surface area contributed by atoms with Gasteiger partial charge < -0.3 is 10.2 Å². The van der Waals surface area contributed by atoms with Crippen molar-refractivity contribution in [3.05, 3.63) is 11.9 Å². The highest BCUT2D eigenvalue weighted by atomic mass is 15.2. The fourth-order valence-corrected chi connectivity index (χ4v) is 2.12. The van der Waals surface area contributed by atoms with Crippen LogP contribution in [0.1, 0.15) is 32.0 Å². The van der Waals surface area contributed by atoms with E-state index in [1.165, 1.54) is 19.3 Å². The fourth-order valence-electron chi connectivity index (χ4n) is 2.12. The Labute approximate surface area is 103 Å². The molecule has 4 nitrogen and oxygen atoms in total. The minimum atomic E-state index is 0.859. The van der Waals surface area contributed by atoms with E-state index in [-0.39, 0.29) is 0 Å². The Kier molecular flexibility index (Phi) is 3.82. The first kappa shape index (κ1) is 12.1. The van der Waals surface area contributed by atoms with Gasteiger partial charge in [-0.2, -0.15) is 0 Å². The molecule has 0 unspecified atom stereocenters. The van der Waals surface area contributed by atoms with Crippen LogP contribution in [-0.2, 0) is 6.42 Å². The van der Waals surface area contributed by atoms with Crippen LogP contribution in [0.2, 0.25) is 0 Å². The summed E-state index contributed by atoms with van der Waals surface area (Å²) in [4.78, 5) is 11.3. The lowest BCUT2D eigenvalue weighted by Gasteiger charge is -2.30. The van der Waals surface area contributed by atoms with Crippen molar-refractivity contribution in [3.8, 4) is 0 Å². The van der Waals surface area contributed by atoms with E-state index in [0.717, 1.165) is 36.3 Å². The predicted octanol–water partition coefficient (Wildman–Crippen LogP) is 2.32. The van der Waals surface area contributed by atoms with Gasteiger partial charge in [0, 0.05) is 33.1 Å². The third kappa shape index (κ3) is 2.87. The molecule has 1 heterocycles. The number of hydrogen-bond acceptors (Lipinski definition) is 4. The Morgan fingerprint density at radius 3 is 2.71 bits per heavy atom. The van der Waals surface area contributed by atoms with E-state index < -0.39 is 0 Å². The van der Waals surface area contributed by atoms with Crippen molar-refractivity contribution in [2.24, 2.45) is 5.92 Å². The van der Waals surface area contributed by atoms with E-state index in [1.54, 1.807) is 0 Å². The highest BCUT2D eigenvalue weighted by molar-refractivity contribution is 5.48. The first-order valence-corrected chi connectivity index (χ1v) is 6.49. The second-order valence-electron chi connectivity index (χ2n) is 4.81. The maximum Gasteiger partial charge on any atom is 0.134 e. The third-order valence-electron chi connectivity index (χ3n) is 3.48. The molecule has 1 aliphatic rings. The maximum absolute atomic E-state index is 4.59. The van der Waals surface area contributed by atoms with Crippen LogP contribution >= 0.6 is 0 Å². The SMILES string of the molecule is CCc1nc(NC)cc(N(C)CC2CCC2)n1. The molecule has 0 saturated heterocycles. The van der Waals surface area contributed by atoms with Crippen molar-refractivity contribution < 1.29 is 0 Å². The van der Waals surface area contributed by atoms with Gasteiger partial charge in [-0.15, -0.1) is 0 Å². The molecule has 1 saturated carbocycles. The molecular weight excluding hydrogens is 212 g/mol. The van der Waals surface area contributed by atoms with Gasteiger partial charge in [0.25, 0.3) is 0 Å². The van der Waals surface area contributed by atoms with E-state index in [2.05, 4.69) is 34.2 Å². The molecule has 1 N–H and O–H groups in total. The molecule has 4 heteroatoms. The molecule has 0 aromatic carbocycles. The van der Waals surface area contributed by atoms with Crippen molar-refractivity contribution in [1.82, 2.24) is 9.97 Å². The van der Waals surface area contributed by atoms with Crippen LogP contribution < -0.4 is 10.2 Å². The number of nitrogens with one attached hydrogen (secondary N) is 1. The average Bonchev–Trinajstić information content (AvgIpc) is 2.32. The van der Waals surface area contributed by atoms with Crippen LogP contribution in [0.15, 0.2) is 6.07 Å². The Bertz CT molecular complexity index is 351. The lowest BCUT2D eigenvalue weighted by molar-refractivity contribution is 0.321. The molecule has 0 amide bonds. The van der Waals surface area contributed by atoms with Crippen LogP contribution in [0, 0.1) is 5.92 Å². The molecule has 0 atom stereocenters. The molecule has 0 radical (unpaired) electrons. The number of aryl methyl sites for hydroxylation is 1. The van der Waals surface area contributed by atoms with Crippen LogP contribution in [0.5, 0.6) is 0 Å². The third-order valence-corrected chi connectivity index (χ3v) is 3.48. The van der Waals surface area contributed by atoms with Gasteiger partial charge >= 0.3 is 0 Å². The Balaban J connectivity index is 2.11. The number of anilines is 2. The van der Waals surface area contributed by atoms with E-state index in [1.807, 2.05) is 13.1 Å². The smallest absolute Gasteiger partial charge is 0.134 e. The van der Waals surface area contributed by atoms with Gasteiger partial charge in [0.1, 0.15) is 17.5 Å². The Hall–Kier alpha value is -1.32. The largest absolute Gasteiger partial charge is 0.373 e. The summed E-state index contributed by atoms with van der Waals surface area (Å²) in [6.45, 7) is 3.20. The van der Waals surface area contributed by atoms with Crippen LogP contribution in [0.3, 0.4) is 0 Å². The monoisotopic (exact) mass is 234 g/mol. The van der Waals surface area contributed by atoms with Crippen molar-refractivity contribution >= 4 is 11.6 Å². The number of rotatable bonds is 5. The second-order valence-corrected chi connectivity index (χ2v) is 4.81. The summed E-state index contributed by atoms with van der Waals surface area (Å²) in [7, 11) is 4.02. The summed E-state index contributed by atoms with van der Waals surface area (Å²) in [6, 6.07) is 2.03. The fraction of sp³-hybridized carbons (Fsp3) is 0.692. The van der Waals surface area contributed by atoms with E-state index in [0.29, 0.717) is 0 Å². The summed E-state index contributed by atoms with van der Waals surface area (Å²) in [5.41, 5.74) is 0. The normalized spacial score (nSPS) is 15.5. The van der Waals surface area contributed by atoms with Crippen LogP contribution in [0.4, 0.5) is 11.6 Å². The molecule has 1 aromatic heterocycles. The molecular formula is C13H22N4. The molecule has 94 valence electrons. The summed E-state index contributed by atoms with van der Waals surface area (Å²) in [6.07, 6.45) is 5.01. The first-order valence-electron chi connectivity index (χ1n) is 6.49. The molecule has 17 heavy (non-hydrogen) atoms.